The Balaban J connectivity index is 2.04. The van der Waals surface area contributed by atoms with E-state index in [1.807, 2.05) is 0 Å². The number of hydrogen-bond donors (Lipinski definition) is 0. The van der Waals surface area contributed by atoms with Gasteiger partial charge in [0.15, 0.2) is 0 Å². The number of ether oxygens (including phenoxy) is 1. The maximum atomic E-state index is 6.11. The van der Waals surface area contributed by atoms with Gasteiger partial charge in [-0.2, -0.15) is 22.2 Å². The third-order valence-corrected chi connectivity index (χ3v) is 6.92. The molecule has 1 aliphatic carbocycles. The molecule has 1 fully saturated rings. The highest BCUT2D eigenvalue weighted by atomic mass is 35.7. The normalized spacial score (nSPS) is 16.0. The molecule has 0 radical (unpaired) electrons. The molecule has 0 aromatic heterocycles. The Labute approximate surface area is 152 Å². The largest absolute Gasteiger partial charge is 0.493 e. The fourth-order valence-electron chi connectivity index (χ4n) is 3.42. The molecule has 1 nitrogen and oxygen atoms in total. The van der Waals surface area contributed by atoms with Crippen LogP contribution in [0.2, 0.25) is 6.04 Å². The van der Waals surface area contributed by atoms with E-state index in [0.29, 0.717) is 5.92 Å². The van der Waals surface area contributed by atoms with Gasteiger partial charge < -0.3 is 4.74 Å². The van der Waals surface area contributed by atoms with E-state index in [0.717, 1.165) is 24.8 Å². The Morgan fingerprint density at radius 3 is 2.61 bits per heavy atom. The van der Waals surface area contributed by atoms with Crippen molar-refractivity contribution in [3.63, 3.8) is 0 Å². The molecule has 0 spiro atoms. The standard InChI is InChI=1S/C19H30Cl2OSi/c1-2-3-8-16-11-12-19(22-13-7-14-23(20)21)18(15-16)17-9-5-4-6-10-17/h11-12,15,17,23H,2-10,13-14H2,1H3. The highest BCUT2D eigenvalue weighted by molar-refractivity contribution is 7.33. The third-order valence-electron chi connectivity index (χ3n) is 4.76. The maximum absolute atomic E-state index is 6.11. The minimum atomic E-state index is -1.49. The number of aryl methyl sites for hydroxylation is 1. The van der Waals surface area contributed by atoms with E-state index in [4.69, 9.17) is 26.9 Å². The van der Waals surface area contributed by atoms with Gasteiger partial charge in [0.25, 0.3) is 0 Å². The van der Waals surface area contributed by atoms with Gasteiger partial charge in [0.05, 0.1) is 6.61 Å². The Morgan fingerprint density at radius 1 is 1.13 bits per heavy atom. The van der Waals surface area contributed by atoms with Gasteiger partial charge in [-0.05, 0) is 61.3 Å². The van der Waals surface area contributed by atoms with Crippen molar-refractivity contribution in [2.45, 2.75) is 76.7 Å². The van der Waals surface area contributed by atoms with E-state index >= 15 is 0 Å². The lowest BCUT2D eigenvalue weighted by Crippen LogP contribution is -2.09. The van der Waals surface area contributed by atoms with Gasteiger partial charge in [-0.1, -0.05) is 44.7 Å². The Hall–Kier alpha value is -0.183. The van der Waals surface area contributed by atoms with Crippen molar-refractivity contribution in [1.82, 2.24) is 0 Å². The molecule has 1 aromatic rings. The summed E-state index contributed by atoms with van der Waals surface area (Å²) in [6.07, 6.45) is 11.4. The zero-order valence-corrected chi connectivity index (χ0v) is 17.0. The molecule has 130 valence electrons. The van der Waals surface area contributed by atoms with E-state index in [2.05, 4.69) is 25.1 Å². The Kier molecular flexibility index (Phi) is 8.85. The van der Waals surface area contributed by atoms with Crippen molar-refractivity contribution < 1.29 is 4.74 Å². The van der Waals surface area contributed by atoms with Crippen molar-refractivity contribution in [3.05, 3.63) is 29.3 Å². The van der Waals surface area contributed by atoms with Gasteiger partial charge in [0.1, 0.15) is 5.75 Å². The molecule has 0 saturated heterocycles. The molecule has 0 N–H and O–H groups in total. The quantitative estimate of drug-likeness (QED) is 0.271. The highest BCUT2D eigenvalue weighted by Crippen LogP contribution is 2.38. The molecular weight excluding hydrogens is 343 g/mol. The summed E-state index contributed by atoms with van der Waals surface area (Å²) in [6.45, 7) is 2.99. The summed E-state index contributed by atoms with van der Waals surface area (Å²) in [4.78, 5) is 0. The van der Waals surface area contributed by atoms with Crippen molar-refractivity contribution in [2.75, 3.05) is 6.61 Å². The first-order chi connectivity index (χ1) is 11.2. The van der Waals surface area contributed by atoms with Crippen LogP contribution < -0.4 is 4.74 Å². The lowest BCUT2D eigenvalue weighted by Gasteiger charge is -2.25. The number of benzene rings is 1. The molecule has 0 bridgehead atoms. The van der Waals surface area contributed by atoms with E-state index < -0.39 is 7.42 Å². The number of halogens is 2. The predicted molar refractivity (Wildman–Crippen MR) is 105 cm³/mol. The molecule has 1 saturated carbocycles. The van der Waals surface area contributed by atoms with Crippen LogP contribution in [0.25, 0.3) is 0 Å². The smallest absolute Gasteiger partial charge is 0.237 e. The summed E-state index contributed by atoms with van der Waals surface area (Å²) in [7, 11) is -1.49. The fraction of sp³-hybridized carbons (Fsp3) is 0.684. The van der Waals surface area contributed by atoms with Gasteiger partial charge >= 0.3 is 0 Å². The van der Waals surface area contributed by atoms with Gasteiger partial charge in [0, 0.05) is 0 Å². The summed E-state index contributed by atoms with van der Waals surface area (Å²) in [5.74, 6) is 1.78. The summed E-state index contributed by atoms with van der Waals surface area (Å²) in [5, 5.41) is 0. The van der Waals surface area contributed by atoms with Gasteiger partial charge in [0.2, 0.25) is 7.42 Å². The van der Waals surface area contributed by atoms with Crippen molar-refractivity contribution >= 4 is 29.6 Å². The first-order valence-electron chi connectivity index (χ1n) is 9.24. The van der Waals surface area contributed by atoms with Crippen LogP contribution in [0.1, 0.15) is 75.3 Å². The molecule has 0 atom stereocenters. The van der Waals surface area contributed by atoms with Gasteiger partial charge in [-0.3, -0.25) is 0 Å². The van der Waals surface area contributed by atoms with E-state index in [9.17, 15) is 0 Å². The fourth-order valence-corrected chi connectivity index (χ4v) is 4.82. The monoisotopic (exact) mass is 372 g/mol. The second-order valence-corrected chi connectivity index (χ2v) is 11.9. The Bertz CT molecular complexity index is 459. The van der Waals surface area contributed by atoms with E-state index in [1.54, 1.807) is 0 Å². The van der Waals surface area contributed by atoms with E-state index in [-0.39, 0.29) is 0 Å². The van der Waals surface area contributed by atoms with Crippen LogP contribution in [0.3, 0.4) is 0 Å². The SMILES string of the molecule is CCCCc1ccc(OCCC[SiH](Cl)Cl)c(C2CCCCC2)c1. The third kappa shape index (κ3) is 6.68. The van der Waals surface area contributed by atoms with Crippen LogP contribution in [0.4, 0.5) is 0 Å². The zero-order valence-electron chi connectivity index (χ0n) is 14.3. The molecule has 0 amide bonds. The van der Waals surface area contributed by atoms with Crippen molar-refractivity contribution in [3.8, 4) is 5.75 Å². The lowest BCUT2D eigenvalue weighted by molar-refractivity contribution is 0.307. The van der Waals surface area contributed by atoms with Crippen LogP contribution in [-0.2, 0) is 6.42 Å². The van der Waals surface area contributed by atoms with Crippen LogP contribution in [0.15, 0.2) is 18.2 Å². The topological polar surface area (TPSA) is 9.23 Å². The van der Waals surface area contributed by atoms with E-state index in [1.165, 1.54) is 62.5 Å². The molecule has 0 heterocycles. The summed E-state index contributed by atoms with van der Waals surface area (Å²) >= 11 is 11.9. The van der Waals surface area contributed by atoms with Crippen LogP contribution in [0.5, 0.6) is 5.75 Å². The second kappa shape index (κ2) is 10.6. The van der Waals surface area contributed by atoms with Crippen LogP contribution in [-0.4, -0.2) is 14.0 Å². The lowest BCUT2D eigenvalue weighted by atomic mass is 9.83. The maximum Gasteiger partial charge on any atom is 0.237 e. The van der Waals surface area contributed by atoms with Crippen molar-refractivity contribution in [1.29, 1.82) is 0 Å². The summed E-state index contributed by atoms with van der Waals surface area (Å²) < 4.78 is 6.11. The number of rotatable bonds is 9. The average Bonchev–Trinajstić information content (AvgIpc) is 2.58. The molecule has 1 aromatic carbocycles. The average molecular weight is 373 g/mol. The predicted octanol–water partition coefficient (Wildman–Crippen LogP) is 6.54. The van der Waals surface area contributed by atoms with Gasteiger partial charge in [-0.25, -0.2) is 0 Å². The molecule has 23 heavy (non-hydrogen) atoms. The molecule has 1 aliphatic rings. The summed E-state index contributed by atoms with van der Waals surface area (Å²) in [5.41, 5.74) is 2.91. The zero-order chi connectivity index (χ0) is 16.5. The van der Waals surface area contributed by atoms with Gasteiger partial charge in [-0.15, -0.1) is 0 Å². The minimum absolute atomic E-state index is 0.684. The summed E-state index contributed by atoms with van der Waals surface area (Å²) in [6, 6.07) is 7.79. The first-order valence-corrected chi connectivity index (χ1v) is 13.5. The number of hydrogen-bond acceptors (Lipinski definition) is 1. The highest BCUT2D eigenvalue weighted by Gasteiger charge is 2.20. The molecular formula is C19H30Cl2OSi. The first kappa shape index (κ1) is 19.1. The Morgan fingerprint density at radius 2 is 1.91 bits per heavy atom. The van der Waals surface area contributed by atoms with Crippen molar-refractivity contribution in [2.24, 2.45) is 0 Å². The molecule has 0 unspecified atom stereocenters. The van der Waals surface area contributed by atoms with Crippen LogP contribution in [0, 0.1) is 0 Å². The minimum Gasteiger partial charge on any atom is -0.493 e. The molecule has 4 heteroatoms. The molecule has 0 aliphatic heterocycles. The second-order valence-electron chi connectivity index (χ2n) is 6.69. The number of unbranched alkanes of at least 4 members (excludes halogenated alkanes) is 1. The van der Waals surface area contributed by atoms with Crippen LogP contribution >= 0.6 is 22.2 Å². The molecule has 2 rings (SSSR count).